The lowest BCUT2D eigenvalue weighted by atomic mass is 9.99. The van der Waals surface area contributed by atoms with Crippen molar-refractivity contribution in [3.05, 3.63) is 11.6 Å². The number of aromatic nitrogens is 3. The van der Waals surface area contributed by atoms with Crippen molar-refractivity contribution < 1.29 is 8.78 Å². The Kier molecular flexibility index (Phi) is 1.85. The second kappa shape index (κ2) is 2.73. The number of halogens is 2. The maximum atomic E-state index is 13.2. The second-order valence-electron chi connectivity index (χ2n) is 3.78. The van der Waals surface area contributed by atoms with E-state index < -0.39 is 11.3 Å². The van der Waals surface area contributed by atoms with Gasteiger partial charge in [0.15, 0.2) is 5.82 Å². The van der Waals surface area contributed by atoms with Gasteiger partial charge in [0.1, 0.15) is 5.82 Å². The normalized spacial score (nSPS) is 19.7. The zero-order valence-electron chi connectivity index (χ0n) is 7.85. The first kappa shape index (κ1) is 9.51. The van der Waals surface area contributed by atoms with Crippen LogP contribution in [0.15, 0.2) is 0 Å². The van der Waals surface area contributed by atoms with Crippen molar-refractivity contribution in [3.8, 4) is 0 Å². The van der Waals surface area contributed by atoms with E-state index in [0.29, 0.717) is 18.7 Å². The summed E-state index contributed by atoms with van der Waals surface area (Å²) in [5.41, 5.74) is 4.17. The molecule has 0 bridgehead atoms. The zero-order valence-corrected chi connectivity index (χ0v) is 7.85. The first-order valence-corrected chi connectivity index (χ1v) is 4.49. The van der Waals surface area contributed by atoms with E-state index in [-0.39, 0.29) is 12.4 Å². The number of H-pyrrole nitrogens is 1. The molecule has 14 heavy (non-hydrogen) atoms. The molecule has 1 heterocycles. The van der Waals surface area contributed by atoms with Crippen molar-refractivity contribution in [2.45, 2.75) is 37.6 Å². The summed E-state index contributed by atoms with van der Waals surface area (Å²) in [4.78, 5) is 3.96. The molecule has 0 aromatic carbocycles. The van der Waals surface area contributed by atoms with E-state index in [4.69, 9.17) is 5.73 Å². The van der Waals surface area contributed by atoms with Crippen molar-refractivity contribution in [1.29, 1.82) is 0 Å². The number of nitrogens with two attached hydrogens (primary N) is 1. The third-order valence-electron chi connectivity index (χ3n) is 2.74. The molecule has 0 aliphatic heterocycles. The summed E-state index contributed by atoms with van der Waals surface area (Å²) in [6.07, 6.45) is 0.886. The highest BCUT2D eigenvalue weighted by Gasteiger charge is 2.62. The van der Waals surface area contributed by atoms with E-state index in [1.165, 1.54) is 0 Å². The number of aromatic amines is 1. The van der Waals surface area contributed by atoms with Gasteiger partial charge in [0.05, 0.1) is 12.0 Å². The molecule has 78 valence electrons. The van der Waals surface area contributed by atoms with Crippen LogP contribution < -0.4 is 5.73 Å². The number of hydrogen-bond donors (Lipinski definition) is 2. The molecule has 0 spiro atoms. The summed E-state index contributed by atoms with van der Waals surface area (Å²) < 4.78 is 26.5. The molecule has 0 atom stereocenters. The van der Waals surface area contributed by atoms with Crippen molar-refractivity contribution in [1.82, 2.24) is 15.2 Å². The molecule has 1 aliphatic carbocycles. The van der Waals surface area contributed by atoms with Crippen LogP contribution in [0.2, 0.25) is 0 Å². The van der Waals surface area contributed by atoms with Crippen LogP contribution in [0.25, 0.3) is 0 Å². The predicted molar refractivity (Wildman–Crippen MR) is 45.8 cm³/mol. The lowest BCUT2D eigenvalue weighted by Crippen LogP contribution is -2.31. The minimum Gasteiger partial charge on any atom is -0.324 e. The van der Waals surface area contributed by atoms with E-state index in [1.54, 1.807) is 0 Å². The highest BCUT2D eigenvalue weighted by atomic mass is 19.3. The molecule has 4 nitrogen and oxygen atoms in total. The average Bonchev–Trinajstić information content (AvgIpc) is 2.79. The molecule has 1 aliphatic rings. The number of hydrogen-bond acceptors (Lipinski definition) is 3. The van der Waals surface area contributed by atoms with Crippen LogP contribution >= 0.6 is 0 Å². The van der Waals surface area contributed by atoms with E-state index in [2.05, 4.69) is 15.2 Å². The maximum Gasteiger partial charge on any atom is 0.258 e. The Balaban J connectivity index is 2.31. The fourth-order valence-corrected chi connectivity index (χ4v) is 1.58. The summed E-state index contributed by atoms with van der Waals surface area (Å²) in [5.74, 6) is -2.11. The fraction of sp³-hybridized carbons (Fsp3) is 0.750. The molecule has 1 fully saturated rings. The lowest BCUT2D eigenvalue weighted by Gasteiger charge is -2.19. The first-order chi connectivity index (χ1) is 6.49. The Morgan fingerprint density at radius 2 is 2.21 bits per heavy atom. The van der Waals surface area contributed by atoms with Crippen LogP contribution in [0.1, 0.15) is 31.4 Å². The SMILES string of the molecule is CC(F)(F)C1(c2n[nH]c(CN)n2)CC1. The van der Waals surface area contributed by atoms with Gasteiger partial charge < -0.3 is 5.73 Å². The van der Waals surface area contributed by atoms with E-state index in [9.17, 15) is 8.78 Å². The molecule has 1 saturated carbocycles. The molecule has 1 aromatic heterocycles. The summed E-state index contributed by atoms with van der Waals surface area (Å²) in [6.45, 7) is 1.11. The minimum absolute atomic E-state index is 0.193. The van der Waals surface area contributed by atoms with Crippen LogP contribution in [0.5, 0.6) is 0 Å². The topological polar surface area (TPSA) is 67.6 Å². The van der Waals surface area contributed by atoms with Gasteiger partial charge in [0.2, 0.25) is 0 Å². The van der Waals surface area contributed by atoms with E-state index in [0.717, 1.165) is 6.92 Å². The van der Waals surface area contributed by atoms with Crippen molar-refractivity contribution in [2.75, 3.05) is 0 Å². The van der Waals surface area contributed by atoms with Crippen molar-refractivity contribution in [2.24, 2.45) is 5.73 Å². The van der Waals surface area contributed by atoms with Crippen molar-refractivity contribution in [3.63, 3.8) is 0 Å². The fourth-order valence-electron chi connectivity index (χ4n) is 1.58. The van der Waals surface area contributed by atoms with Crippen LogP contribution in [-0.2, 0) is 12.0 Å². The van der Waals surface area contributed by atoms with Gasteiger partial charge in [0, 0.05) is 6.92 Å². The smallest absolute Gasteiger partial charge is 0.258 e. The molecule has 0 saturated heterocycles. The van der Waals surface area contributed by atoms with Gasteiger partial charge >= 0.3 is 0 Å². The van der Waals surface area contributed by atoms with Gasteiger partial charge in [-0.25, -0.2) is 13.8 Å². The van der Waals surface area contributed by atoms with Crippen LogP contribution in [0, 0.1) is 0 Å². The monoisotopic (exact) mass is 202 g/mol. The molecular formula is C8H12F2N4. The molecule has 0 radical (unpaired) electrons. The molecule has 2 rings (SSSR count). The molecule has 3 N–H and O–H groups in total. The van der Waals surface area contributed by atoms with Gasteiger partial charge in [-0.3, -0.25) is 5.10 Å². The molecule has 0 unspecified atom stereocenters. The van der Waals surface area contributed by atoms with Gasteiger partial charge in [-0.05, 0) is 12.8 Å². The number of rotatable bonds is 3. The van der Waals surface area contributed by atoms with Crippen LogP contribution in [0.4, 0.5) is 8.78 Å². The number of alkyl halides is 2. The average molecular weight is 202 g/mol. The molecule has 0 amide bonds. The van der Waals surface area contributed by atoms with Gasteiger partial charge in [0.25, 0.3) is 5.92 Å². The Morgan fingerprint density at radius 3 is 2.57 bits per heavy atom. The Morgan fingerprint density at radius 1 is 1.57 bits per heavy atom. The summed E-state index contributed by atoms with van der Waals surface area (Å²) in [6, 6.07) is 0. The largest absolute Gasteiger partial charge is 0.324 e. The minimum atomic E-state index is -2.76. The van der Waals surface area contributed by atoms with Crippen LogP contribution in [0.3, 0.4) is 0 Å². The summed E-state index contributed by atoms with van der Waals surface area (Å²) in [7, 11) is 0. The Hall–Kier alpha value is -1.04. The Labute approximate surface area is 79.9 Å². The molecule has 6 heteroatoms. The first-order valence-electron chi connectivity index (χ1n) is 4.49. The van der Waals surface area contributed by atoms with Gasteiger partial charge in [-0.2, -0.15) is 5.10 Å². The van der Waals surface area contributed by atoms with Gasteiger partial charge in [-0.1, -0.05) is 0 Å². The Bertz CT molecular complexity index is 337. The predicted octanol–water partition coefficient (Wildman–Crippen LogP) is 0.950. The second-order valence-corrected chi connectivity index (χ2v) is 3.78. The highest BCUT2D eigenvalue weighted by Crippen LogP contribution is 2.56. The highest BCUT2D eigenvalue weighted by molar-refractivity contribution is 5.23. The van der Waals surface area contributed by atoms with Crippen LogP contribution in [-0.4, -0.2) is 21.1 Å². The zero-order chi connectivity index (χ0) is 10.4. The summed E-state index contributed by atoms with van der Waals surface area (Å²) in [5, 5.41) is 6.35. The van der Waals surface area contributed by atoms with E-state index >= 15 is 0 Å². The molecular weight excluding hydrogens is 190 g/mol. The third kappa shape index (κ3) is 1.21. The van der Waals surface area contributed by atoms with Gasteiger partial charge in [-0.15, -0.1) is 0 Å². The van der Waals surface area contributed by atoms with Crippen molar-refractivity contribution >= 4 is 0 Å². The standard InChI is InChI=1S/C8H12F2N4/c1-7(9,10)8(2-3-8)6-12-5(4-11)13-14-6/h2-4,11H2,1H3,(H,12,13,14). The molecule has 1 aromatic rings. The number of nitrogens with zero attached hydrogens (tertiary/aromatic N) is 2. The van der Waals surface area contributed by atoms with E-state index in [1.807, 2.05) is 0 Å². The summed E-state index contributed by atoms with van der Waals surface area (Å²) >= 11 is 0. The number of nitrogens with one attached hydrogen (secondary N) is 1. The third-order valence-corrected chi connectivity index (χ3v) is 2.74. The lowest BCUT2D eigenvalue weighted by molar-refractivity contribution is -0.0228. The maximum absolute atomic E-state index is 13.2. The quantitative estimate of drug-likeness (QED) is 0.766.